The Balaban J connectivity index is 2.73. The van der Waals surface area contributed by atoms with Crippen molar-refractivity contribution >= 4 is 37.4 Å². The lowest BCUT2D eigenvalue weighted by Crippen LogP contribution is -1.76. The molecule has 1 nitrogen and oxygen atoms in total. The van der Waals surface area contributed by atoms with Gasteiger partial charge < -0.3 is 5.11 Å². The third-order valence-corrected chi connectivity index (χ3v) is 4.11. The van der Waals surface area contributed by atoms with Crippen molar-refractivity contribution in [3.8, 4) is 5.75 Å². The number of halogens is 3. The number of alkyl halides is 2. The first-order chi connectivity index (χ1) is 6.59. The summed E-state index contributed by atoms with van der Waals surface area (Å²) >= 11 is 4.12. The zero-order valence-corrected chi connectivity index (χ0v) is 9.20. The Morgan fingerprint density at radius 2 is 2.07 bits per heavy atom. The van der Waals surface area contributed by atoms with Crippen LogP contribution in [-0.4, -0.2) is 5.11 Å². The van der Waals surface area contributed by atoms with Gasteiger partial charge in [0.1, 0.15) is 5.75 Å². The van der Waals surface area contributed by atoms with Crippen molar-refractivity contribution in [2.75, 3.05) is 0 Å². The molecule has 0 bridgehead atoms. The highest BCUT2D eigenvalue weighted by molar-refractivity contribution is 9.10. The number of aromatic hydroxyl groups is 1. The van der Waals surface area contributed by atoms with E-state index >= 15 is 0 Å². The lowest BCUT2D eigenvalue weighted by molar-refractivity contribution is 0.155. The Hall–Kier alpha value is -0.680. The van der Waals surface area contributed by atoms with E-state index < -0.39 is 6.43 Å². The Kier molecular flexibility index (Phi) is 2.45. The summed E-state index contributed by atoms with van der Waals surface area (Å²) in [6.45, 7) is 0. The number of phenolic OH excluding ortho intramolecular Hbond substituents is 1. The Morgan fingerprint density at radius 3 is 2.71 bits per heavy atom. The molecule has 1 N–H and O–H groups in total. The predicted molar refractivity (Wildman–Crippen MR) is 56.1 cm³/mol. The Morgan fingerprint density at radius 1 is 1.36 bits per heavy atom. The summed E-state index contributed by atoms with van der Waals surface area (Å²) in [4.78, 5) is 0.00519. The van der Waals surface area contributed by atoms with Gasteiger partial charge in [-0.1, -0.05) is 0 Å². The van der Waals surface area contributed by atoms with E-state index in [-0.39, 0.29) is 10.6 Å². The van der Waals surface area contributed by atoms with Gasteiger partial charge in [0.2, 0.25) is 0 Å². The summed E-state index contributed by atoms with van der Waals surface area (Å²) in [5.74, 6) is 0.0899. The fraction of sp³-hybridized carbons (Fsp3) is 0.111. The summed E-state index contributed by atoms with van der Waals surface area (Å²) in [7, 11) is 0. The number of phenols is 1. The summed E-state index contributed by atoms with van der Waals surface area (Å²) in [6, 6.07) is 4.59. The summed E-state index contributed by atoms with van der Waals surface area (Å²) in [6.07, 6.45) is -2.48. The molecule has 74 valence electrons. The van der Waals surface area contributed by atoms with Crippen molar-refractivity contribution in [3.63, 3.8) is 0 Å². The normalized spacial score (nSPS) is 11.4. The summed E-state index contributed by atoms with van der Waals surface area (Å²) in [5, 5.41) is 9.88. The van der Waals surface area contributed by atoms with E-state index in [1.54, 1.807) is 6.07 Å². The molecule has 0 saturated heterocycles. The number of fused-ring (bicyclic) bond motifs is 1. The van der Waals surface area contributed by atoms with Crippen LogP contribution >= 0.6 is 27.3 Å². The molecule has 14 heavy (non-hydrogen) atoms. The van der Waals surface area contributed by atoms with E-state index in [9.17, 15) is 13.9 Å². The van der Waals surface area contributed by atoms with Gasteiger partial charge in [-0.3, -0.25) is 0 Å². The summed E-state index contributed by atoms with van der Waals surface area (Å²) in [5.41, 5.74) is 0. The minimum Gasteiger partial charge on any atom is -0.508 e. The molecule has 1 aromatic heterocycles. The van der Waals surface area contributed by atoms with E-state index in [4.69, 9.17) is 0 Å². The molecule has 0 unspecified atom stereocenters. The largest absolute Gasteiger partial charge is 0.508 e. The minimum absolute atomic E-state index is 0.00519. The molecule has 0 spiro atoms. The molecular weight excluding hydrogens is 274 g/mol. The van der Waals surface area contributed by atoms with Crippen LogP contribution in [0.4, 0.5) is 8.78 Å². The van der Waals surface area contributed by atoms with Crippen molar-refractivity contribution in [1.29, 1.82) is 0 Å². The number of hydrogen-bond donors (Lipinski definition) is 1. The van der Waals surface area contributed by atoms with Crippen molar-refractivity contribution in [2.24, 2.45) is 0 Å². The number of rotatable bonds is 1. The van der Waals surface area contributed by atoms with E-state index in [1.165, 1.54) is 12.1 Å². The van der Waals surface area contributed by atoms with E-state index in [2.05, 4.69) is 15.9 Å². The first-order valence-electron chi connectivity index (χ1n) is 3.78. The SMILES string of the molecule is Oc1ccc2c(Br)c(C(F)F)sc2c1. The molecular formula is C9H5BrF2OS. The van der Waals surface area contributed by atoms with Crippen molar-refractivity contribution in [2.45, 2.75) is 6.43 Å². The molecule has 0 fully saturated rings. The molecule has 5 heteroatoms. The zero-order chi connectivity index (χ0) is 10.3. The molecule has 0 aliphatic rings. The van der Waals surface area contributed by atoms with Crippen LogP contribution in [0, 0.1) is 0 Å². The molecule has 0 aliphatic heterocycles. The molecule has 0 saturated carbocycles. The number of benzene rings is 1. The molecule has 2 aromatic rings. The van der Waals surface area contributed by atoms with Crippen LogP contribution in [0.2, 0.25) is 0 Å². The first kappa shape index (κ1) is 9.86. The smallest absolute Gasteiger partial charge is 0.273 e. The van der Waals surface area contributed by atoms with Crippen molar-refractivity contribution in [1.82, 2.24) is 0 Å². The van der Waals surface area contributed by atoms with Gasteiger partial charge in [-0.15, -0.1) is 11.3 Å². The first-order valence-corrected chi connectivity index (χ1v) is 5.39. The topological polar surface area (TPSA) is 20.2 Å². The van der Waals surface area contributed by atoms with Crippen LogP contribution in [0.1, 0.15) is 11.3 Å². The highest BCUT2D eigenvalue weighted by Crippen LogP contribution is 2.41. The van der Waals surface area contributed by atoms with E-state index in [0.29, 0.717) is 14.6 Å². The standard InChI is InChI=1S/C9H5BrF2OS/c10-7-5-2-1-4(13)3-6(5)14-8(7)9(11)12/h1-3,9,13H. The monoisotopic (exact) mass is 278 g/mol. The third-order valence-electron chi connectivity index (χ3n) is 1.84. The van der Waals surface area contributed by atoms with Gasteiger partial charge in [-0.2, -0.15) is 0 Å². The van der Waals surface area contributed by atoms with Crippen LogP contribution in [0.15, 0.2) is 22.7 Å². The number of hydrogen-bond acceptors (Lipinski definition) is 2. The molecule has 1 heterocycles. The van der Waals surface area contributed by atoms with E-state index in [1.807, 2.05) is 0 Å². The van der Waals surface area contributed by atoms with Crippen LogP contribution in [0.25, 0.3) is 10.1 Å². The molecule has 1 aromatic carbocycles. The van der Waals surface area contributed by atoms with Crippen LogP contribution in [-0.2, 0) is 0 Å². The maximum Gasteiger partial charge on any atom is 0.273 e. The lowest BCUT2D eigenvalue weighted by atomic mass is 10.2. The number of thiophene rings is 1. The zero-order valence-electron chi connectivity index (χ0n) is 6.80. The van der Waals surface area contributed by atoms with Crippen molar-refractivity contribution in [3.05, 3.63) is 27.5 Å². The second-order valence-electron chi connectivity index (χ2n) is 2.76. The highest BCUT2D eigenvalue weighted by Gasteiger charge is 2.17. The average molecular weight is 279 g/mol. The van der Waals surface area contributed by atoms with Crippen molar-refractivity contribution < 1.29 is 13.9 Å². The van der Waals surface area contributed by atoms with Gasteiger partial charge in [0.05, 0.1) is 4.88 Å². The van der Waals surface area contributed by atoms with Gasteiger partial charge in [0, 0.05) is 14.6 Å². The van der Waals surface area contributed by atoms with Gasteiger partial charge in [-0.05, 0) is 34.1 Å². The second kappa shape index (κ2) is 3.47. The quantitative estimate of drug-likeness (QED) is 0.824. The molecule has 0 atom stereocenters. The Bertz CT molecular complexity index is 481. The van der Waals surface area contributed by atoms with Crippen LogP contribution in [0.5, 0.6) is 5.75 Å². The Labute approximate surface area is 91.1 Å². The predicted octanol–water partition coefficient (Wildman–Crippen LogP) is 4.31. The molecule has 0 amide bonds. The fourth-order valence-electron chi connectivity index (χ4n) is 1.21. The minimum atomic E-state index is -2.48. The highest BCUT2D eigenvalue weighted by atomic mass is 79.9. The maximum absolute atomic E-state index is 12.5. The molecule has 0 radical (unpaired) electrons. The van der Waals surface area contributed by atoms with Gasteiger partial charge in [0.25, 0.3) is 6.43 Å². The van der Waals surface area contributed by atoms with Crippen LogP contribution in [0.3, 0.4) is 0 Å². The van der Waals surface area contributed by atoms with Crippen LogP contribution < -0.4 is 0 Å². The van der Waals surface area contributed by atoms with Gasteiger partial charge in [0.15, 0.2) is 0 Å². The molecule has 2 rings (SSSR count). The molecule has 0 aliphatic carbocycles. The average Bonchev–Trinajstić information content (AvgIpc) is 2.43. The van der Waals surface area contributed by atoms with Gasteiger partial charge in [-0.25, -0.2) is 8.78 Å². The van der Waals surface area contributed by atoms with E-state index in [0.717, 1.165) is 11.3 Å². The fourth-order valence-corrected chi connectivity index (χ4v) is 3.09. The summed E-state index contributed by atoms with van der Waals surface area (Å²) < 4.78 is 26.1. The third kappa shape index (κ3) is 1.50. The lowest BCUT2D eigenvalue weighted by Gasteiger charge is -1.93. The van der Waals surface area contributed by atoms with Gasteiger partial charge >= 0.3 is 0 Å². The maximum atomic E-state index is 12.5. The second-order valence-corrected chi connectivity index (χ2v) is 4.64.